The molecule has 1 N–H and O–H groups in total. The summed E-state index contributed by atoms with van der Waals surface area (Å²) in [5.74, 6) is -0.451. The topological polar surface area (TPSA) is 64.4 Å². The lowest BCUT2D eigenvalue weighted by molar-refractivity contribution is -0.386. The lowest BCUT2D eigenvalue weighted by Crippen LogP contribution is -2.25. The van der Waals surface area contributed by atoms with Crippen molar-refractivity contribution in [3.05, 3.63) is 32.5 Å². The molecule has 1 rings (SSSR count). The fraction of sp³-hybridized carbons (Fsp3) is 0.538. The Hall–Kier alpha value is -1.21. The SMILES string of the molecule is CCCNCC(C)COc1cc(F)c(Br)cc1[N+](=O)[O-]. The highest BCUT2D eigenvalue weighted by atomic mass is 79.9. The van der Waals surface area contributed by atoms with E-state index in [1.165, 1.54) is 0 Å². The van der Waals surface area contributed by atoms with Crippen molar-refractivity contribution in [1.29, 1.82) is 0 Å². The molecule has 0 bridgehead atoms. The summed E-state index contributed by atoms with van der Waals surface area (Å²) in [6.07, 6.45) is 1.04. The predicted molar refractivity (Wildman–Crippen MR) is 78.6 cm³/mol. The van der Waals surface area contributed by atoms with E-state index in [4.69, 9.17) is 4.74 Å². The van der Waals surface area contributed by atoms with Crippen LogP contribution < -0.4 is 10.1 Å². The molecule has 1 aromatic rings. The molecular formula is C13H18BrFN2O3. The fourth-order valence-corrected chi connectivity index (χ4v) is 1.92. The molecule has 1 atom stereocenters. The van der Waals surface area contributed by atoms with Crippen LogP contribution in [0.4, 0.5) is 10.1 Å². The van der Waals surface area contributed by atoms with Crippen molar-refractivity contribution in [3.63, 3.8) is 0 Å². The Labute approximate surface area is 125 Å². The highest BCUT2D eigenvalue weighted by Gasteiger charge is 2.19. The zero-order valence-corrected chi connectivity index (χ0v) is 13.1. The number of ether oxygens (including phenoxy) is 1. The first-order chi connectivity index (χ1) is 9.45. The summed E-state index contributed by atoms with van der Waals surface area (Å²) in [5, 5.41) is 14.1. The average molecular weight is 349 g/mol. The second kappa shape index (κ2) is 8.16. The zero-order chi connectivity index (χ0) is 15.1. The third-order valence-electron chi connectivity index (χ3n) is 2.64. The van der Waals surface area contributed by atoms with Gasteiger partial charge in [-0.15, -0.1) is 0 Å². The molecule has 0 fully saturated rings. The van der Waals surface area contributed by atoms with Gasteiger partial charge in [-0.25, -0.2) is 4.39 Å². The molecule has 0 aromatic heterocycles. The van der Waals surface area contributed by atoms with Gasteiger partial charge in [-0.1, -0.05) is 13.8 Å². The smallest absolute Gasteiger partial charge is 0.312 e. The maximum absolute atomic E-state index is 13.4. The molecule has 0 amide bonds. The van der Waals surface area contributed by atoms with Crippen LogP contribution in [0.15, 0.2) is 16.6 Å². The third-order valence-corrected chi connectivity index (χ3v) is 3.25. The average Bonchev–Trinajstić information content (AvgIpc) is 2.39. The Morgan fingerprint density at radius 3 is 2.85 bits per heavy atom. The number of nitrogens with one attached hydrogen (secondary N) is 1. The highest BCUT2D eigenvalue weighted by molar-refractivity contribution is 9.10. The second-order valence-electron chi connectivity index (χ2n) is 4.61. The molecule has 0 spiro atoms. The van der Waals surface area contributed by atoms with E-state index in [2.05, 4.69) is 28.2 Å². The van der Waals surface area contributed by atoms with E-state index in [0.717, 1.165) is 31.6 Å². The number of benzene rings is 1. The Morgan fingerprint density at radius 1 is 1.55 bits per heavy atom. The van der Waals surface area contributed by atoms with Crippen LogP contribution in [0, 0.1) is 21.8 Å². The van der Waals surface area contributed by atoms with Gasteiger partial charge in [0.25, 0.3) is 0 Å². The van der Waals surface area contributed by atoms with E-state index in [-0.39, 0.29) is 21.8 Å². The molecule has 1 unspecified atom stereocenters. The molecule has 0 saturated heterocycles. The standard InChI is InChI=1S/C13H18BrFN2O3/c1-3-4-16-7-9(2)8-20-13-6-11(15)10(14)5-12(13)17(18)19/h5-6,9,16H,3-4,7-8H2,1-2H3. The molecule has 0 aliphatic rings. The number of nitro benzene ring substituents is 1. The minimum atomic E-state index is -0.584. The van der Waals surface area contributed by atoms with Crippen LogP contribution in [-0.4, -0.2) is 24.6 Å². The van der Waals surface area contributed by atoms with Gasteiger partial charge in [0.05, 0.1) is 16.0 Å². The Bertz CT molecular complexity index is 471. The first kappa shape index (κ1) is 16.8. The molecule has 7 heteroatoms. The quantitative estimate of drug-likeness (QED) is 0.443. The van der Waals surface area contributed by atoms with Crippen molar-refractivity contribution in [2.24, 2.45) is 5.92 Å². The van der Waals surface area contributed by atoms with Gasteiger partial charge in [-0.05, 0) is 28.9 Å². The second-order valence-corrected chi connectivity index (χ2v) is 5.47. The van der Waals surface area contributed by atoms with Crippen LogP contribution in [0.25, 0.3) is 0 Å². The molecular weight excluding hydrogens is 331 g/mol. The maximum atomic E-state index is 13.4. The van der Waals surface area contributed by atoms with E-state index in [1.54, 1.807) is 0 Å². The lowest BCUT2D eigenvalue weighted by Gasteiger charge is -2.14. The van der Waals surface area contributed by atoms with Gasteiger partial charge in [0.1, 0.15) is 5.82 Å². The van der Waals surface area contributed by atoms with Gasteiger partial charge >= 0.3 is 5.69 Å². The van der Waals surface area contributed by atoms with Gasteiger partial charge in [-0.3, -0.25) is 10.1 Å². The van der Waals surface area contributed by atoms with Crippen molar-refractivity contribution in [1.82, 2.24) is 5.32 Å². The van der Waals surface area contributed by atoms with Crippen LogP contribution in [0.3, 0.4) is 0 Å². The number of hydrogen-bond donors (Lipinski definition) is 1. The van der Waals surface area contributed by atoms with Gasteiger partial charge in [-0.2, -0.15) is 0 Å². The summed E-state index contributed by atoms with van der Waals surface area (Å²) >= 11 is 2.93. The summed E-state index contributed by atoms with van der Waals surface area (Å²) < 4.78 is 18.9. The Kier molecular flexibility index (Phi) is 6.87. The van der Waals surface area contributed by atoms with Crippen molar-refractivity contribution in [2.75, 3.05) is 19.7 Å². The van der Waals surface area contributed by atoms with Crippen LogP contribution >= 0.6 is 15.9 Å². The van der Waals surface area contributed by atoms with Crippen LogP contribution in [0.2, 0.25) is 0 Å². The van der Waals surface area contributed by atoms with E-state index < -0.39 is 10.7 Å². The van der Waals surface area contributed by atoms with E-state index in [0.29, 0.717) is 6.61 Å². The van der Waals surface area contributed by atoms with Gasteiger partial charge < -0.3 is 10.1 Å². The Morgan fingerprint density at radius 2 is 2.25 bits per heavy atom. The Balaban J connectivity index is 2.67. The first-order valence-corrected chi connectivity index (χ1v) is 7.22. The summed E-state index contributed by atoms with van der Waals surface area (Å²) in [7, 11) is 0. The van der Waals surface area contributed by atoms with Gasteiger partial charge in [0, 0.05) is 24.6 Å². The van der Waals surface area contributed by atoms with E-state index in [9.17, 15) is 14.5 Å². The van der Waals surface area contributed by atoms with Crippen LogP contribution in [0.1, 0.15) is 20.3 Å². The van der Waals surface area contributed by atoms with Crippen LogP contribution in [-0.2, 0) is 0 Å². The summed E-state index contributed by atoms with van der Waals surface area (Å²) in [6.45, 7) is 5.99. The predicted octanol–water partition coefficient (Wildman–Crippen LogP) is 3.51. The molecule has 1 aromatic carbocycles. The number of nitro groups is 1. The van der Waals surface area contributed by atoms with Gasteiger partial charge in [0.15, 0.2) is 5.75 Å². The van der Waals surface area contributed by atoms with Crippen molar-refractivity contribution >= 4 is 21.6 Å². The molecule has 20 heavy (non-hydrogen) atoms. The largest absolute Gasteiger partial charge is 0.486 e. The molecule has 112 valence electrons. The molecule has 0 aliphatic heterocycles. The minimum absolute atomic E-state index is 0.0435. The molecule has 5 nitrogen and oxygen atoms in total. The van der Waals surface area contributed by atoms with Gasteiger partial charge in [0.2, 0.25) is 0 Å². The number of halogens is 2. The zero-order valence-electron chi connectivity index (χ0n) is 11.5. The molecule has 0 heterocycles. The van der Waals surface area contributed by atoms with Crippen molar-refractivity contribution in [3.8, 4) is 5.75 Å². The van der Waals surface area contributed by atoms with Crippen LogP contribution in [0.5, 0.6) is 5.75 Å². The van der Waals surface area contributed by atoms with E-state index >= 15 is 0 Å². The molecule has 0 aliphatic carbocycles. The summed E-state index contributed by atoms with van der Waals surface area (Å²) in [5.41, 5.74) is -0.244. The maximum Gasteiger partial charge on any atom is 0.312 e. The summed E-state index contributed by atoms with van der Waals surface area (Å²) in [4.78, 5) is 10.3. The van der Waals surface area contributed by atoms with E-state index in [1.807, 2.05) is 6.92 Å². The number of nitrogens with zero attached hydrogens (tertiary/aromatic N) is 1. The lowest BCUT2D eigenvalue weighted by atomic mass is 10.2. The minimum Gasteiger partial charge on any atom is -0.486 e. The fourth-order valence-electron chi connectivity index (χ4n) is 1.59. The molecule has 0 saturated carbocycles. The monoisotopic (exact) mass is 348 g/mol. The van der Waals surface area contributed by atoms with Crippen molar-refractivity contribution in [2.45, 2.75) is 20.3 Å². The highest BCUT2D eigenvalue weighted by Crippen LogP contribution is 2.32. The molecule has 0 radical (unpaired) electrons. The summed E-state index contributed by atoms with van der Waals surface area (Å²) in [6, 6.07) is 2.15. The van der Waals surface area contributed by atoms with Crippen molar-refractivity contribution < 1.29 is 14.1 Å². The normalized spacial score (nSPS) is 12.2. The third kappa shape index (κ3) is 5.05. The number of hydrogen-bond acceptors (Lipinski definition) is 4. The number of rotatable bonds is 8. The first-order valence-electron chi connectivity index (χ1n) is 6.42.